The molecule has 0 aliphatic rings. The Morgan fingerprint density at radius 1 is 1.16 bits per heavy atom. The summed E-state index contributed by atoms with van der Waals surface area (Å²) in [5, 5.41) is 0. The quantitative estimate of drug-likeness (QED) is 0.911. The van der Waals surface area contributed by atoms with Crippen molar-refractivity contribution in [2.45, 2.75) is 27.3 Å². The predicted molar refractivity (Wildman–Crippen MR) is 80.7 cm³/mol. The molecule has 0 aliphatic heterocycles. The van der Waals surface area contributed by atoms with E-state index < -0.39 is 0 Å². The third-order valence-electron chi connectivity index (χ3n) is 3.26. The SMILES string of the molecule is CCN(c1ccc(C)cc1)c1ncc(CN)cc1C. The first kappa shape index (κ1) is 13.6. The molecule has 0 bridgehead atoms. The molecule has 0 spiro atoms. The largest absolute Gasteiger partial charge is 0.326 e. The fraction of sp³-hybridized carbons (Fsp3) is 0.312. The molecule has 0 amide bonds. The van der Waals surface area contributed by atoms with E-state index in [9.17, 15) is 0 Å². The number of rotatable bonds is 4. The summed E-state index contributed by atoms with van der Waals surface area (Å²) in [7, 11) is 0. The standard InChI is InChI=1S/C16H21N3/c1-4-19(15-7-5-12(2)6-8-15)16-13(3)9-14(10-17)11-18-16/h5-9,11H,4,10,17H2,1-3H3. The Morgan fingerprint density at radius 2 is 1.84 bits per heavy atom. The maximum Gasteiger partial charge on any atom is 0.135 e. The van der Waals surface area contributed by atoms with Gasteiger partial charge in [-0.25, -0.2) is 4.98 Å². The molecule has 0 unspecified atom stereocenters. The molecule has 0 radical (unpaired) electrons. The number of aromatic nitrogens is 1. The second kappa shape index (κ2) is 5.85. The Labute approximate surface area is 115 Å². The minimum atomic E-state index is 0.533. The van der Waals surface area contributed by atoms with Crippen LogP contribution in [0.2, 0.25) is 0 Å². The molecule has 2 aromatic rings. The highest BCUT2D eigenvalue weighted by Crippen LogP contribution is 2.26. The van der Waals surface area contributed by atoms with Crippen LogP contribution in [-0.2, 0) is 6.54 Å². The van der Waals surface area contributed by atoms with E-state index in [1.807, 2.05) is 6.20 Å². The summed E-state index contributed by atoms with van der Waals surface area (Å²) in [6.45, 7) is 7.74. The smallest absolute Gasteiger partial charge is 0.135 e. The average Bonchev–Trinajstić information content (AvgIpc) is 2.43. The molecule has 2 N–H and O–H groups in total. The van der Waals surface area contributed by atoms with E-state index in [-0.39, 0.29) is 0 Å². The van der Waals surface area contributed by atoms with Crippen molar-refractivity contribution in [3.63, 3.8) is 0 Å². The predicted octanol–water partition coefficient (Wildman–Crippen LogP) is 3.32. The van der Waals surface area contributed by atoms with Crippen molar-refractivity contribution in [2.75, 3.05) is 11.4 Å². The zero-order valence-electron chi connectivity index (χ0n) is 11.9. The number of anilines is 2. The summed E-state index contributed by atoms with van der Waals surface area (Å²) >= 11 is 0. The molecule has 3 nitrogen and oxygen atoms in total. The lowest BCUT2D eigenvalue weighted by Crippen LogP contribution is -2.18. The van der Waals surface area contributed by atoms with Crippen LogP contribution in [0.3, 0.4) is 0 Å². The van der Waals surface area contributed by atoms with Crippen LogP contribution in [0.1, 0.15) is 23.6 Å². The molecular weight excluding hydrogens is 234 g/mol. The first-order valence-corrected chi connectivity index (χ1v) is 6.65. The molecule has 0 atom stereocenters. The fourth-order valence-corrected chi connectivity index (χ4v) is 2.20. The average molecular weight is 255 g/mol. The Morgan fingerprint density at radius 3 is 2.37 bits per heavy atom. The molecule has 100 valence electrons. The van der Waals surface area contributed by atoms with Crippen molar-refractivity contribution in [2.24, 2.45) is 5.73 Å². The topological polar surface area (TPSA) is 42.2 Å². The minimum Gasteiger partial charge on any atom is -0.326 e. The molecule has 0 saturated carbocycles. The first-order valence-electron chi connectivity index (χ1n) is 6.65. The summed E-state index contributed by atoms with van der Waals surface area (Å²) in [4.78, 5) is 6.78. The van der Waals surface area contributed by atoms with Crippen LogP contribution in [0, 0.1) is 13.8 Å². The molecule has 19 heavy (non-hydrogen) atoms. The van der Waals surface area contributed by atoms with Crippen LogP contribution in [-0.4, -0.2) is 11.5 Å². The lowest BCUT2D eigenvalue weighted by Gasteiger charge is -2.24. The van der Waals surface area contributed by atoms with Gasteiger partial charge in [-0.1, -0.05) is 17.7 Å². The summed E-state index contributed by atoms with van der Waals surface area (Å²) in [5.41, 5.74) is 10.3. The molecule has 1 heterocycles. The number of pyridine rings is 1. The Hall–Kier alpha value is -1.87. The molecule has 1 aromatic heterocycles. The summed E-state index contributed by atoms with van der Waals surface area (Å²) in [6, 6.07) is 10.6. The fourth-order valence-electron chi connectivity index (χ4n) is 2.20. The normalized spacial score (nSPS) is 10.5. The van der Waals surface area contributed by atoms with E-state index in [2.05, 4.69) is 61.0 Å². The third-order valence-corrected chi connectivity index (χ3v) is 3.26. The first-order chi connectivity index (χ1) is 9.15. The van der Waals surface area contributed by atoms with Gasteiger partial charge in [0.15, 0.2) is 0 Å². The van der Waals surface area contributed by atoms with Gasteiger partial charge in [0.05, 0.1) is 0 Å². The van der Waals surface area contributed by atoms with Gasteiger partial charge >= 0.3 is 0 Å². The number of benzene rings is 1. The van der Waals surface area contributed by atoms with E-state index in [0.717, 1.165) is 23.5 Å². The number of aryl methyl sites for hydroxylation is 2. The number of nitrogens with two attached hydrogens (primary N) is 1. The van der Waals surface area contributed by atoms with Crippen molar-refractivity contribution in [1.82, 2.24) is 4.98 Å². The monoisotopic (exact) mass is 255 g/mol. The third kappa shape index (κ3) is 2.93. The number of hydrogen-bond donors (Lipinski definition) is 1. The van der Waals surface area contributed by atoms with Crippen LogP contribution in [0.25, 0.3) is 0 Å². The molecule has 2 rings (SSSR count). The number of nitrogens with zero attached hydrogens (tertiary/aromatic N) is 2. The lowest BCUT2D eigenvalue weighted by molar-refractivity contribution is 0.961. The van der Waals surface area contributed by atoms with E-state index in [4.69, 9.17) is 5.73 Å². The van der Waals surface area contributed by atoms with Gasteiger partial charge < -0.3 is 10.6 Å². The van der Waals surface area contributed by atoms with Gasteiger partial charge in [0.2, 0.25) is 0 Å². The van der Waals surface area contributed by atoms with E-state index >= 15 is 0 Å². The van der Waals surface area contributed by atoms with Crippen LogP contribution in [0.15, 0.2) is 36.5 Å². The molecule has 0 aliphatic carbocycles. The highest BCUT2D eigenvalue weighted by atomic mass is 15.2. The Balaban J connectivity index is 2.39. The second-order valence-electron chi connectivity index (χ2n) is 4.77. The van der Waals surface area contributed by atoms with Gasteiger partial charge in [0.25, 0.3) is 0 Å². The van der Waals surface area contributed by atoms with Gasteiger partial charge in [0, 0.05) is 25.0 Å². The van der Waals surface area contributed by atoms with Crippen molar-refractivity contribution in [1.29, 1.82) is 0 Å². The lowest BCUT2D eigenvalue weighted by atomic mass is 10.1. The second-order valence-corrected chi connectivity index (χ2v) is 4.77. The van der Waals surface area contributed by atoms with Gasteiger partial charge in [-0.2, -0.15) is 0 Å². The van der Waals surface area contributed by atoms with Gasteiger partial charge in [-0.15, -0.1) is 0 Å². The van der Waals surface area contributed by atoms with Crippen LogP contribution in [0.4, 0.5) is 11.5 Å². The zero-order valence-corrected chi connectivity index (χ0v) is 11.9. The highest BCUT2D eigenvalue weighted by Gasteiger charge is 2.11. The van der Waals surface area contributed by atoms with Gasteiger partial charge in [0.1, 0.15) is 5.82 Å². The molecular formula is C16H21N3. The Bertz CT molecular complexity index is 546. The van der Waals surface area contributed by atoms with E-state index in [1.165, 1.54) is 11.3 Å². The maximum atomic E-state index is 5.65. The highest BCUT2D eigenvalue weighted by molar-refractivity contribution is 5.63. The summed E-state index contributed by atoms with van der Waals surface area (Å²) in [5.74, 6) is 1.00. The molecule has 0 fully saturated rings. The van der Waals surface area contributed by atoms with Gasteiger partial charge in [-0.05, 0) is 50.1 Å². The molecule has 0 saturated heterocycles. The van der Waals surface area contributed by atoms with Crippen molar-refractivity contribution < 1.29 is 0 Å². The minimum absolute atomic E-state index is 0.533. The van der Waals surface area contributed by atoms with Crippen LogP contribution < -0.4 is 10.6 Å². The van der Waals surface area contributed by atoms with E-state index in [1.54, 1.807) is 0 Å². The van der Waals surface area contributed by atoms with Crippen molar-refractivity contribution in [3.8, 4) is 0 Å². The molecule has 1 aromatic carbocycles. The Kier molecular flexibility index (Phi) is 4.17. The van der Waals surface area contributed by atoms with Crippen LogP contribution >= 0.6 is 0 Å². The van der Waals surface area contributed by atoms with Gasteiger partial charge in [-0.3, -0.25) is 0 Å². The maximum absolute atomic E-state index is 5.65. The number of hydrogen-bond acceptors (Lipinski definition) is 3. The van der Waals surface area contributed by atoms with Crippen molar-refractivity contribution in [3.05, 3.63) is 53.2 Å². The van der Waals surface area contributed by atoms with Crippen LogP contribution in [0.5, 0.6) is 0 Å². The molecule has 3 heteroatoms. The van der Waals surface area contributed by atoms with Crippen molar-refractivity contribution >= 4 is 11.5 Å². The summed E-state index contributed by atoms with van der Waals surface area (Å²) < 4.78 is 0. The van der Waals surface area contributed by atoms with E-state index in [0.29, 0.717) is 6.54 Å². The zero-order chi connectivity index (χ0) is 13.8. The summed E-state index contributed by atoms with van der Waals surface area (Å²) in [6.07, 6.45) is 1.86.